The Balaban J connectivity index is 2.79. The van der Waals surface area contributed by atoms with E-state index in [2.05, 4.69) is 41.1 Å². The van der Waals surface area contributed by atoms with Gasteiger partial charge in [-0.05, 0) is 30.1 Å². The molecule has 0 amide bonds. The molecule has 0 N–H and O–H groups in total. The lowest BCUT2D eigenvalue weighted by Gasteiger charge is -2.38. The van der Waals surface area contributed by atoms with E-state index in [4.69, 9.17) is 4.74 Å². The lowest BCUT2D eigenvalue weighted by Crippen LogP contribution is -2.41. The molecule has 0 aromatic carbocycles. The Bertz CT molecular complexity index is 358. The summed E-state index contributed by atoms with van der Waals surface area (Å²) in [6, 6.07) is 0. The molecule has 0 aromatic rings. The predicted octanol–water partition coefficient (Wildman–Crippen LogP) is 3.58. The van der Waals surface area contributed by atoms with Crippen molar-refractivity contribution in [1.82, 2.24) is 4.90 Å². The largest absolute Gasteiger partial charge is 0.497 e. The zero-order valence-electron chi connectivity index (χ0n) is 12.0. The van der Waals surface area contributed by atoms with Crippen molar-refractivity contribution in [2.45, 2.75) is 26.7 Å². The van der Waals surface area contributed by atoms with Crippen LogP contribution in [0.2, 0.25) is 0 Å². The van der Waals surface area contributed by atoms with E-state index in [0.29, 0.717) is 5.41 Å². The molecule has 18 heavy (non-hydrogen) atoms. The first-order chi connectivity index (χ1) is 8.39. The summed E-state index contributed by atoms with van der Waals surface area (Å²) in [7, 11) is 4.39. The van der Waals surface area contributed by atoms with Gasteiger partial charge in [-0.2, -0.15) is 0 Å². The number of piperidine rings is 1. The van der Waals surface area contributed by atoms with Crippen molar-refractivity contribution in [3.8, 4) is 0 Å². The van der Waals surface area contributed by atoms with Crippen molar-refractivity contribution in [1.29, 1.82) is 0 Å². The normalized spacial score (nSPS) is 21.1. The van der Waals surface area contributed by atoms with Gasteiger partial charge in [0, 0.05) is 18.7 Å². The standard InChI is InChI=1S/C15H26NOP/c1-6-14(18)13(12(2)17-5)10-16-9-7-8-15(3,4)11-16/h6H,1-2,7-11,18H2,3-5H3/b14-13+. The molecule has 1 heterocycles. The fourth-order valence-corrected chi connectivity index (χ4v) is 2.74. The van der Waals surface area contributed by atoms with Crippen LogP contribution in [0.1, 0.15) is 26.7 Å². The minimum atomic E-state index is 0.410. The molecule has 1 rings (SSSR count). The van der Waals surface area contributed by atoms with Crippen molar-refractivity contribution in [2.75, 3.05) is 26.7 Å². The molecular formula is C15H26NOP. The Morgan fingerprint density at radius 1 is 1.50 bits per heavy atom. The molecule has 0 spiro atoms. The molecule has 1 unspecified atom stereocenters. The van der Waals surface area contributed by atoms with Crippen LogP contribution < -0.4 is 0 Å². The van der Waals surface area contributed by atoms with Crippen molar-refractivity contribution in [3.05, 3.63) is 35.9 Å². The fourth-order valence-electron chi connectivity index (χ4n) is 2.49. The lowest BCUT2D eigenvalue weighted by molar-refractivity contribution is 0.125. The van der Waals surface area contributed by atoms with Gasteiger partial charge in [0.2, 0.25) is 0 Å². The maximum atomic E-state index is 5.29. The number of methoxy groups -OCH3 is 1. The second-order valence-electron chi connectivity index (χ2n) is 5.74. The van der Waals surface area contributed by atoms with Crippen LogP contribution in [-0.4, -0.2) is 31.6 Å². The highest BCUT2D eigenvalue weighted by Crippen LogP contribution is 2.30. The number of ether oxygens (including phenoxy) is 1. The Morgan fingerprint density at radius 3 is 2.67 bits per heavy atom. The van der Waals surface area contributed by atoms with E-state index >= 15 is 0 Å². The average Bonchev–Trinajstić information content (AvgIpc) is 2.33. The van der Waals surface area contributed by atoms with Gasteiger partial charge in [-0.3, -0.25) is 4.90 Å². The minimum Gasteiger partial charge on any atom is -0.497 e. The van der Waals surface area contributed by atoms with Crippen LogP contribution in [0.4, 0.5) is 0 Å². The maximum absolute atomic E-state index is 5.29. The van der Waals surface area contributed by atoms with Gasteiger partial charge in [0.05, 0.1) is 7.11 Å². The van der Waals surface area contributed by atoms with Crippen LogP contribution in [0.15, 0.2) is 35.9 Å². The molecule has 0 aliphatic carbocycles. The van der Waals surface area contributed by atoms with Crippen molar-refractivity contribution < 1.29 is 4.74 Å². The molecule has 0 aromatic heterocycles. The monoisotopic (exact) mass is 267 g/mol. The number of nitrogens with zero attached hydrogens (tertiary/aromatic N) is 1. The summed E-state index contributed by atoms with van der Waals surface area (Å²) < 4.78 is 5.29. The number of allylic oxidation sites excluding steroid dienone is 2. The van der Waals surface area contributed by atoms with Crippen LogP contribution in [0, 0.1) is 5.41 Å². The van der Waals surface area contributed by atoms with Crippen LogP contribution in [-0.2, 0) is 4.74 Å². The first kappa shape index (κ1) is 15.5. The van der Waals surface area contributed by atoms with Gasteiger partial charge in [0.1, 0.15) is 5.76 Å². The van der Waals surface area contributed by atoms with Gasteiger partial charge in [-0.15, -0.1) is 9.24 Å². The first-order valence-electron chi connectivity index (χ1n) is 6.46. The summed E-state index contributed by atoms with van der Waals surface area (Å²) in [6.45, 7) is 15.6. The molecule has 3 heteroatoms. The summed E-state index contributed by atoms with van der Waals surface area (Å²) in [6.07, 6.45) is 4.42. The van der Waals surface area contributed by atoms with E-state index in [1.807, 2.05) is 6.08 Å². The van der Waals surface area contributed by atoms with Crippen LogP contribution in [0.3, 0.4) is 0 Å². The van der Waals surface area contributed by atoms with Gasteiger partial charge in [-0.1, -0.05) is 33.1 Å². The zero-order valence-corrected chi connectivity index (χ0v) is 13.1. The summed E-state index contributed by atoms with van der Waals surface area (Å²) in [5, 5.41) is 1.07. The summed E-state index contributed by atoms with van der Waals surface area (Å²) in [5.41, 5.74) is 1.54. The number of hydrogen-bond donors (Lipinski definition) is 0. The molecule has 1 aliphatic rings. The van der Waals surface area contributed by atoms with E-state index in [1.54, 1.807) is 7.11 Å². The average molecular weight is 267 g/mol. The molecule has 0 saturated carbocycles. The second kappa shape index (κ2) is 6.54. The SMILES string of the molecule is C=C/C(P)=C(/CN1CCCC(C)(C)C1)C(=C)OC. The third-order valence-corrected chi connectivity index (χ3v) is 4.10. The second-order valence-corrected chi connectivity index (χ2v) is 6.37. The smallest absolute Gasteiger partial charge is 0.116 e. The van der Waals surface area contributed by atoms with E-state index in [9.17, 15) is 0 Å². The van der Waals surface area contributed by atoms with Crippen LogP contribution in [0.5, 0.6) is 0 Å². The van der Waals surface area contributed by atoms with Crippen LogP contribution in [0.25, 0.3) is 0 Å². The van der Waals surface area contributed by atoms with Crippen molar-refractivity contribution in [3.63, 3.8) is 0 Å². The zero-order chi connectivity index (χ0) is 13.8. The van der Waals surface area contributed by atoms with E-state index in [1.165, 1.54) is 12.8 Å². The number of rotatable bonds is 5. The molecule has 102 valence electrons. The summed E-state index contributed by atoms with van der Waals surface area (Å²) in [4.78, 5) is 2.48. The molecule has 1 fully saturated rings. The van der Waals surface area contributed by atoms with Crippen molar-refractivity contribution >= 4 is 9.24 Å². The Morgan fingerprint density at radius 2 is 2.17 bits per heavy atom. The molecule has 1 atom stereocenters. The molecular weight excluding hydrogens is 241 g/mol. The number of likely N-dealkylation sites (tertiary alicyclic amines) is 1. The Labute approximate surface area is 114 Å². The van der Waals surface area contributed by atoms with Gasteiger partial charge < -0.3 is 4.74 Å². The number of hydrogen-bond acceptors (Lipinski definition) is 2. The lowest BCUT2D eigenvalue weighted by atomic mass is 9.84. The van der Waals surface area contributed by atoms with Gasteiger partial charge in [-0.25, -0.2) is 0 Å². The Kier molecular flexibility index (Phi) is 5.62. The minimum absolute atomic E-state index is 0.410. The van der Waals surface area contributed by atoms with Gasteiger partial charge >= 0.3 is 0 Å². The topological polar surface area (TPSA) is 12.5 Å². The van der Waals surface area contributed by atoms with Gasteiger partial charge in [0.15, 0.2) is 0 Å². The van der Waals surface area contributed by atoms with Gasteiger partial charge in [0.25, 0.3) is 0 Å². The van der Waals surface area contributed by atoms with Crippen LogP contribution >= 0.6 is 9.24 Å². The maximum Gasteiger partial charge on any atom is 0.116 e. The van der Waals surface area contributed by atoms with E-state index < -0.39 is 0 Å². The summed E-state index contributed by atoms with van der Waals surface area (Å²) in [5.74, 6) is 0.739. The molecule has 1 aliphatic heterocycles. The molecule has 0 radical (unpaired) electrons. The third-order valence-electron chi connectivity index (χ3n) is 3.51. The van der Waals surface area contributed by atoms with E-state index in [-0.39, 0.29) is 0 Å². The highest BCUT2D eigenvalue weighted by Gasteiger charge is 2.27. The highest BCUT2D eigenvalue weighted by atomic mass is 31.0. The fraction of sp³-hybridized carbons (Fsp3) is 0.600. The first-order valence-corrected chi connectivity index (χ1v) is 7.04. The summed E-state index contributed by atoms with van der Waals surface area (Å²) >= 11 is 0. The third kappa shape index (κ3) is 4.26. The highest BCUT2D eigenvalue weighted by molar-refractivity contribution is 7.23. The Hall–Kier alpha value is -0.590. The quantitative estimate of drug-likeness (QED) is 0.429. The van der Waals surface area contributed by atoms with E-state index in [0.717, 1.165) is 36.3 Å². The molecule has 0 bridgehead atoms. The molecule has 1 saturated heterocycles. The molecule has 2 nitrogen and oxygen atoms in total. The van der Waals surface area contributed by atoms with Crippen molar-refractivity contribution in [2.24, 2.45) is 5.41 Å². The predicted molar refractivity (Wildman–Crippen MR) is 82.5 cm³/mol.